The molecule has 0 aliphatic carbocycles. The molecule has 0 aromatic carbocycles. The number of hydrogen-bond acceptors (Lipinski definition) is 6. The number of carbonyl (C=O) groups is 1. The van der Waals surface area contributed by atoms with Crippen LogP contribution in [0.3, 0.4) is 0 Å². The maximum atomic E-state index is 11.0. The van der Waals surface area contributed by atoms with Gasteiger partial charge in [0.25, 0.3) is 0 Å². The quantitative estimate of drug-likeness (QED) is 0.773. The molecule has 96 valence electrons. The molecule has 0 saturated carbocycles. The summed E-state index contributed by atoms with van der Waals surface area (Å²) in [5.41, 5.74) is 0. The van der Waals surface area contributed by atoms with Crippen LogP contribution in [0.5, 0.6) is 0 Å². The summed E-state index contributed by atoms with van der Waals surface area (Å²) >= 11 is 1.15. The van der Waals surface area contributed by atoms with Crippen LogP contribution in [0.15, 0.2) is 0 Å². The number of carboxylic acids is 1. The minimum Gasteiger partial charge on any atom is -0.480 e. The third kappa shape index (κ3) is 4.66. The fourth-order valence-corrected chi connectivity index (χ4v) is 1.97. The van der Waals surface area contributed by atoms with E-state index in [2.05, 4.69) is 14.7 Å². The number of nitrogens with one attached hydrogen (secondary N) is 1. The van der Waals surface area contributed by atoms with Crippen LogP contribution >= 0.6 is 11.5 Å². The topological polar surface area (TPSA) is 84.3 Å². The first kappa shape index (κ1) is 13.9. The second-order valence-corrected chi connectivity index (χ2v) is 4.87. The van der Waals surface area contributed by atoms with Gasteiger partial charge in [0.1, 0.15) is 12.6 Å². The molecule has 1 rings (SSSR count). The van der Waals surface area contributed by atoms with E-state index < -0.39 is 12.0 Å². The Hall–Kier alpha value is -1.21. The number of aliphatic carboxylic acids is 1. The number of rotatable bonds is 7. The molecule has 2 N–H and O–H groups in total. The Balaban J connectivity index is 2.62. The van der Waals surface area contributed by atoms with Crippen molar-refractivity contribution in [3.05, 3.63) is 5.82 Å². The zero-order valence-corrected chi connectivity index (χ0v) is 11.0. The lowest BCUT2D eigenvalue weighted by Gasteiger charge is -2.15. The van der Waals surface area contributed by atoms with E-state index in [0.29, 0.717) is 29.9 Å². The minimum absolute atomic E-state index is 0.301. The first-order valence-electron chi connectivity index (χ1n) is 5.33. The summed E-state index contributed by atoms with van der Waals surface area (Å²) in [5.74, 6) is -0.00848. The number of ether oxygens (including phenoxy) is 1. The molecule has 0 spiro atoms. The molecule has 0 amide bonds. The number of hydrogen-bond donors (Lipinski definition) is 2. The summed E-state index contributed by atoms with van der Waals surface area (Å²) in [5, 5.41) is 12.5. The van der Waals surface area contributed by atoms with E-state index in [-0.39, 0.29) is 0 Å². The van der Waals surface area contributed by atoms with Crippen LogP contribution in [0.2, 0.25) is 0 Å². The summed E-state index contributed by atoms with van der Waals surface area (Å²) in [4.78, 5) is 15.2. The molecule has 0 aliphatic heterocycles. The van der Waals surface area contributed by atoms with Crippen molar-refractivity contribution < 1.29 is 14.6 Å². The predicted octanol–water partition coefficient (Wildman–Crippen LogP) is 1.60. The zero-order chi connectivity index (χ0) is 12.8. The van der Waals surface area contributed by atoms with Crippen molar-refractivity contribution in [1.82, 2.24) is 9.36 Å². The zero-order valence-electron chi connectivity index (χ0n) is 10.1. The first-order valence-corrected chi connectivity index (χ1v) is 6.11. The SMILES string of the molecule is COCc1nsc(N[C@H](CC(C)C)C(=O)O)n1. The Labute approximate surface area is 104 Å². The fraction of sp³-hybridized carbons (Fsp3) is 0.700. The molecule has 0 bridgehead atoms. The largest absolute Gasteiger partial charge is 0.480 e. The molecule has 6 nitrogen and oxygen atoms in total. The molecule has 0 saturated heterocycles. The van der Waals surface area contributed by atoms with E-state index in [1.54, 1.807) is 7.11 Å². The standard InChI is InChI=1S/C10H17N3O3S/c1-6(2)4-7(9(14)15)11-10-12-8(5-16-3)13-17-10/h6-7H,4-5H2,1-3H3,(H,14,15)(H,11,12,13)/t7-/m1/s1. The van der Waals surface area contributed by atoms with Crippen LogP contribution in [0.25, 0.3) is 0 Å². The second-order valence-electron chi connectivity index (χ2n) is 4.11. The normalized spacial score (nSPS) is 12.7. The predicted molar refractivity (Wildman–Crippen MR) is 65.1 cm³/mol. The molecule has 17 heavy (non-hydrogen) atoms. The Kier molecular flexibility index (Phi) is 5.30. The van der Waals surface area contributed by atoms with Crippen LogP contribution in [-0.4, -0.2) is 33.6 Å². The minimum atomic E-state index is -0.873. The van der Waals surface area contributed by atoms with Crippen molar-refractivity contribution in [3.63, 3.8) is 0 Å². The van der Waals surface area contributed by atoms with Gasteiger partial charge in [-0.25, -0.2) is 9.78 Å². The lowest BCUT2D eigenvalue weighted by Crippen LogP contribution is -2.30. The molecule has 0 unspecified atom stereocenters. The van der Waals surface area contributed by atoms with Gasteiger partial charge in [-0.2, -0.15) is 4.37 Å². The van der Waals surface area contributed by atoms with E-state index in [4.69, 9.17) is 9.84 Å². The molecular weight excluding hydrogens is 242 g/mol. The molecule has 0 radical (unpaired) electrons. The van der Waals surface area contributed by atoms with Gasteiger partial charge in [-0.15, -0.1) is 0 Å². The van der Waals surface area contributed by atoms with Crippen LogP contribution in [0.1, 0.15) is 26.1 Å². The van der Waals surface area contributed by atoms with Gasteiger partial charge in [0.2, 0.25) is 5.13 Å². The summed E-state index contributed by atoms with van der Waals surface area (Å²) < 4.78 is 8.94. The summed E-state index contributed by atoms with van der Waals surface area (Å²) in [6, 6.07) is -0.627. The van der Waals surface area contributed by atoms with E-state index in [0.717, 1.165) is 11.5 Å². The van der Waals surface area contributed by atoms with Gasteiger partial charge in [-0.3, -0.25) is 0 Å². The molecule has 0 fully saturated rings. The number of aromatic nitrogens is 2. The fourth-order valence-electron chi connectivity index (χ4n) is 1.34. The summed E-state index contributed by atoms with van der Waals surface area (Å²) in [6.07, 6.45) is 0.550. The average Bonchev–Trinajstić information content (AvgIpc) is 2.64. The van der Waals surface area contributed by atoms with Gasteiger partial charge in [0.05, 0.1) is 0 Å². The first-order chi connectivity index (χ1) is 8.02. The molecule has 1 aromatic heterocycles. The second kappa shape index (κ2) is 6.51. The highest BCUT2D eigenvalue weighted by Gasteiger charge is 2.20. The van der Waals surface area contributed by atoms with Gasteiger partial charge in [-0.05, 0) is 12.3 Å². The lowest BCUT2D eigenvalue weighted by atomic mass is 10.0. The number of nitrogens with zero attached hydrogens (tertiary/aromatic N) is 2. The maximum absolute atomic E-state index is 11.0. The molecule has 1 atom stereocenters. The van der Waals surface area contributed by atoms with Gasteiger partial charge in [0.15, 0.2) is 5.82 Å². The van der Waals surface area contributed by atoms with E-state index in [1.807, 2.05) is 13.8 Å². The monoisotopic (exact) mass is 259 g/mol. The smallest absolute Gasteiger partial charge is 0.326 e. The van der Waals surface area contributed by atoms with Crippen LogP contribution in [0.4, 0.5) is 5.13 Å². The third-order valence-electron chi connectivity index (χ3n) is 2.04. The highest BCUT2D eigenvalue weighted by Crippen LogP contribution is 2.16. The van der Waals surface area contributed by atoms with E-state index in [1.165, 1.54) is 0 Å². The van der Waals surface area contributed by atoms with Gasteiger partial charge >= 0.3 is 5.97 Å². The molecular formula is C10H17N3O3S. The Morgan fingerprint density at radius 2 is 2.29 bits per heavy atom. The molecule has 7 heteroatoms. The Morgan fingerprint density at radius 3 is 2.82 bits per heavy atom. The van der Waals surface area contributed by atoms with Crippen molar-refractivity contribution in [3.8, 4) is 0 Å². The maximum Gasteiger partial charge on any atom is 0.326 e. The number of carboxylic acid groups (broad SMARTS) is 1. The molecule has 1 heterocycles. The Morgan fingerprint density at radius 1 is 1.59 bits per heavy atom. The van der Waals surface area contributed by atoms with Gasteiger partial charge < -0.3 is 15.2 Å². The van der Waals surface area contributed by atoms with E-state index >= 15 is 0 Å². The molecule has 1 aromatic rings. The number of anilines is 1. The third-order valence-corrected chi connectivity index (χ3v) is 2.73. The van der Waals surface area contributed by atoms with Crippen LogP contribution in [-0.2, 0) is 16.1 Å². The lowest BCUT2D eigenvalue weighted by molar-refractivity contribution is -0.138. The van der Waals surface area contributed by atoms with Crippen LogP contribution < -0.4 is 5.32 Å². The van der Waals surface area contributed by atoms with Crippen molar-refractivity contribution in [1.29, 1.82) is 0 Å². The van der Waals surface area contributed by atoms with E-state index in [9.17, 15) is 4.79 Å². The van der Waals surface area contributed by atoms with Crippen LogP contribution in [0, 0.1) is 5.92 Å². The summed E-state index contributed by atoms with van der Waals surface area (Å²) in [7, 11) is 1.56. The van der Waals surface area contributed by atoms with Crippen molar-refractivity contribution in [2.75, 3.05) is 12.4 Å². The van der Waals surface area contributed by atoms with Crippen molar-refractivity contribution in [2.24, 2.45) is 5.92 Å². The summed E-state index contributed by atoms with van der Waals surface area (Å²) in [6.45, 7) is 4.29. The highest BCUT2D eigenvalue weighted by molar-refractivity contribution is 7.09. The molecule has 0 aliphatic rings. The van der Waals surface area contributed by atoms with Gasteiger partial charge in [-0.1, -0.05) is 13.8 Å². The van der Waals surface area contributed by atoms with Gasteiger partial charge in [0, 0.05) is 18.6 Å². The highest BCUT2D eigenvalue weighted by atomic mass is 32.1. The Bertz CT molecular complexity index is 367. The average molecular weight is 259 g/mol. The van der Waals surface area contributed by atoms with Crippen molar-refractivity contribution in [2.45, 2.75) is 32.9 Å². The van der Waals surface area contributed by atoms with Crippen molar-refractivity contribution >= 4 is 22.6 Å². The number of methoxy groups -OCH3 is 1.